The first-order valence-electron chi connectivity index (χ1n) is 6.34. The molecule has 1 aliphatic rings. The van der Waals surface area contributed by atoms with Gasteiger partial charge in [0, 0.05) is 24.2 Å². The molecule has 1 fully saturated rings. The zero-order valence-electron chi connectivity index (χ0n) is 10.6. The van der Waals surface area contributed by atoms with E-state index in [0.29, 0.717) is 17.4 Å². The molecule has 2 rings (SSSR count). The fourth-order valence-corrected chi connectivity index (χ4v) is 2.40. The smallest absolute Gasteiger partial charge is 0.227 e. The summed E-state index contributed by atoms with van der Waals surface area (Å²) in [7, 11) is 0. The van der Waals surface area contributed by atoms with Crippen LogP contribution in [0.1, 0.15) is 18.9 Å². The van der Waals surface area contributed by atoms with E-state index in [0.717, 1.165) is 25.1 Å². The lowest BCUT2D eigenvalue weighted by atomic mass is 9.94. The maximum absolute atomic E-state index is 12.2. The number of hydrogen-bond donors (Lipinski definition) is 1. The topological polar surface area (TPSA) is 46.3 Å². The zero-order valence-corrected chi connectivity index (χ0v) is 11.4. The molecule has 4 heteroatoms. The van der Waals surface area contributed by atoms with Crippen molar-refractivity contribution in [3.63, 3.8) is 0 Å². The van der Waals surface area contributed by atoms with Crippen LogP contribution in [0.5, 0.6) is 0 Å². The van der Waals surface area contributed by atoms with Gasteiger partial charge in [-0.1, -0.05) is 30.7 Å². The van der Waals surface area contributed by atoms with Crippen LogP contribution in [0, 0.1) is 5.92 Å². The van der Waals surface area contributed by atoms with Crippen molar-refractivity contribution in [3.8, 4) is 0 Å². The average molecular weight is 267 g/mol. The molecule has 2 unspecified atom stereocenters. The molecule has 18 heavy (non-hydrogen) atoms. The SMILES string of the molecule is CC1CN(C(=O)Cc2ccc(Cl)cc2)CCC1N. The number of piperidine rings is 1. The summed E-state index contributed by atoms with van der Waals surface area (Å²) in [6, 6.07) is 7.67. The normalized spacial score (nSPS) is 24.1. The van der Waals surface area contributed by atoms with Gasteiger partial charge in [0.05, 0.1) is 6.42 Å². The van der Waals surface area contributed by atoms with E-state index in [1.54, 1.807) is 0 Å². The summed E-state index contributed by atoms with van der Waals surface area (Å²) >= 11 is 5.82. The van der Waals surface area contributed by atoms with Crippen molar-refractivity contribution in [2.75, 3.05) is 13.1 Å². The van der Waals surface area contributed by atoms with Crippen LogP contribution < -0.4 is 5.73 Å². The molecule has 2 N–H and O–H groups in total. The minimum absolute atomic E-state index is 0.177. The van der Waals surface area contributed by atoms with Crippen molar-refractivity contribution in [2.24, 2.45) is 11.7 Å². The van der Waals surface area contributed by atoms with Gasteiger partial charge in [-0.2, -0.15) is 0 Å². The molecule has 0 spiro atoms. The third-order valence-corrected chi connectivity index (χ3v) is 3.84. The Bertz CT molecular complexity index is 418. The highest BCUT2D eigenvalue weighted by Crippen LogP contribution is 2.17. The number of amides is 1. The highest BCUT2D eigenvalue weighted by atomic mass is 35.5. The van der Waals surface area contributed by atoms with E-state index >= 15 is 0 Å². The monoisotopic (exact) mass is 266 g/mol. The van der Waals surface area contributed by atoms with Gasteiger partial charge in [0.15, 0.2) is 0 Å². The second-order valence-corrected chi connectivity index (χ2v) is 5.51. The molecule has 1 aromatic carbocycles. The van der Waals surface area contributed by atoms with Crippen molar-refractivity contribution in [3.05, 3.63) is 34.9 Å². The molecular formula is C14H19ClN2O. The van der Waals surface area contributed by atoms with E-state index in [2.05, 4.69) is 6.92 Å². The number of carbonyl (C=O) groups is 1. The molecule has 3 nitrogen and oxygen atoms in total. The predicted molar refractivity (Wildman–Crippen MR) is 73.5 cm³/mol. The summed E-state index contributed by atoms with van der Waals surface area (Å²) in [4.78, 5) is 14.1. The number of rotatable bonds is 2. The van der Waals surface area contributed by atoms with Crippen LogP contribution in [0.15, 0.2) is 24.3 Å². The lowest BCUT2D eigenvalue weighted by Gasteiger charge is -2.35. The second-order valence-electron chi connectivity index (χ2n) is 5.07. The molecule has 1 amide bonds. The lowest BCUT2D eigenvalue weighted by Crippen LogP contribution is -2.48. The standard InChI is InChI=1S/C14H19ClN2O/c1-10-9-17(7-6-13(10)16)14(18)8-11-2-4-12(15)5-3-11/h2-5,10,13H,6-9,16H2,1H3. The van der Waals surface area contributed by atoms with Crippen LogP contribution in [0.25, 0.3) is 0 Å². The van der Waals surface area contributed by atoms with E-state index in [1.165, 1.54) is 0 Å². The molecule has 0 aromatic heterocycles. The third-order valence-electron chi connectivity index (χ3n) is 3.59. The summed E-state index contributed by atoms with van der Waals surface area (Å²) in [5.41, 5.74) is 6.96. The number of halogens is 1. The van der Waals surface area contributed by atoms with Gasteiger partial charge in [-0.25, -0.2) is 0 Å². The Morgan fingerprint density at radius 3 is 2.72 bits per heavy atom. The molecule has 0 radical (unpaired) electrons. The van der Waals surface area contributed by atoms with Gasteiger partial charge >= 0.3 is 0 Å². The Hall–Kier alpha value is -1.06. The first-order chi connectivity index (χ1) is 8.56. The Labute approximate surface area is 113 Å². The zero-order chi connectivity index (χ0) is 13.1. The van der Waals surface area contributed by atoms with Crippen LogP contribution in [0.4, 0.5) is 0 Å². The number of likely N-dealkylation sites (tertiary alicyclic amines) is 1. The average Bonchev–Trinajstić information content (AvgIpc) is 2.35. The first kappa shape index (κ1) is 13.4. The van der Waals surface area contributed by atoms with Crippen LogP contribution >= 0.6 is 11.6 Å². The van der Waals surface area contributed by atoms with Crippen molar-refractivity contribution >= 4 is 17.5 Å². The summed E-state index contributed by atoms with van der Waals surface area (Å²) < 4.78 is 0. The van der Waals surface area contributed by atoms with Gasteiger partial charge in [-0.05, 0) is 30.0 Å². The predicted octanol–water partition coefficient (Wildman–Crippen LogP) is 2.08. The number of benzene rings is 1. The van der Waals surface area contributed by atoms with Crippen LogP contribution in [-0.4, -0.2) is 29.9 Å². The van der Waals surface area contributed by atoms with Crippen LogP contribution in [-0.2, 0) is 11.2 Å². The maximum Gasteiger partial charge on any atom is 0.227 e. The van der Waals surface area contributed by atoms with Crippen molar-refractivity contribution in [1.29, 1.82) is 0 Å². The van der Waals surface area contributed by atoms with E-state index in [1.807, 2.05) is 29.2 Å². The van der Waals surface area contributed by atoms with E-state index in [-0.39, 0.29) is 11.9 Å². The van der Waals surface area contributed by atoms with Gasteiger partial charge in [0.25, 0.3) is 0 Å². The summed E-state index contributed by atoms with van der Waals surface area (Å²) in [5, 5.41) is 0.698. The fraction of sp³-hybridized carbons (Fsp3) is 0.500. The summed E-state index contributed by atoms with van der Waals surface area (Å²) in [6.45, 7) is 3.65. The van der Waals surface area contributed by atoms with Gasteiger partial charge in [-0.3, -0.25) is 4.79 Å². The number of hydrogen-bond acceptors (Lipinski definition) is 2. The van der Waals surface area contributed by atoms with Gasteiger partial charge < -0.3 is 10.6 Å². The Kier molecular flexibility index (Phi) is 4.25. The second kappa shape index (κ2) is 5.72. The highest BCUT2D eigenvalue weighted by molar-refractivity contribution is 6.30. The molecule has 1 heterocycles. The van der Waals surface area contributed by atoms with E-state index in [9.17, 15) is 4.79 Å². The van der Waals surface area contributed by atoms with Crippen molar-refractivity contribution in [2.45, 2.75) is 25.8 Å². The molecule has 1 aromatic rings. The highest BCUT2D eigenvalue weighted by Gasteiger charge is 2.25. The van der Waals surface area contributed by atoms with Gasteiger partial charge in [0.2, 0.25) is 5.91 Å². The molecule has 98 valence electrons. The third kappa shape index (κ3) is 3.24. The number of nitrogens with zero attached hydrogens (tertiary/aromatic N) is 1. The van der Waals surface area contributed by atoms with Crippen molar-refractivity contribution < 1.29 is 4.79 Å². The molecule has 0 bridgehead atoms. The quantitative estimate of drug-likeness (QED) is 0.891. The summed E-state index contributed by atoms with van der Waals surface area (Å²) in [5.74, 6) is 0.559. The fourth-order valence-electron chi connectivity index (χ4n) is 2.28. The van der Waals surface area contributed by atoms with Crippen LogP contribution in [0.3, 0.4) is 0 Å². The Morgan fingerprint density at radius 2 is 2.11 bits per heavy atom. The number of carbonyl (C=O) groups excluding carboxylic acids is 1. The minimum atomic E-state index is 0.177. The number of nitrogens with two attached hydrogens (primary N) is 1. The Balaban J connectivity index is 1.94. The molecule has 2 atom stereocenters. The lowest BCUT2D eigenvalue weighted by molar-refractivity contribution is -0.132. The molecule has 0 aliphatic carbocycles. The van der Waals surface area contributed by atoms with Gasteiger partial charge in [0.1, 0.15) is 0 Å². The Morgan fingerprint density at radius 1 is 1.44 bits per heavy atom. The minimum Gasteiger partial charge on any atom is -0.342 e. The molecular weight excluding hydrogens is 248 g/mol. The molecule has 1 saturated heterocycles. The first-order valence-corrected chi connectivity index (χ1v) is 6.72. The van der Waals surface area contributed by atoms with Crippen molar-refractivity contribution in [1.82, 2.24) is 4.90 Å². The van der Waals surface area contributed by atoms with E-state index in [4.69, 9.17) is 17.3 Å². The van der Waals surface area contributed by atoms with E-state index < -0.39 is 0 Å². The largest absolute Gasteiger partial charge is 0.342 e. The molecule has 0 saturated carbocycles. The van der Waals surface area contributed by atoms with Gasteiger partial charge in [-0.15, -0.1) is 0 Å². The maximum atomic E-state index is 12.2. The van der Waals surface area contributed by atoms with Crippen LogP contribution in [0.2, 0.25) is 5.02 Å². The molecule has 1 aliphatic heterocycles. The summed E-state index contributed by atoms with van der Waals surface area (Å²) in [6.07, 6.45) is 1.34.